The van der Waals surface area contributed by atoms with Crippen molar-refractivity contribution in [3.63, 3.8) is 0 Å². The fourth-order valence-corrected chi connectivity index (χ4v) is 4.28. The SMILES string of the molecule is COc1cc2c(cc1OC)[13C](=O)/[13C](=C\C1CCN(Cc3ccccc3)CC1)[13CH2]2. The molecule has 0 amide bonds. The van der Waals surface area contributed by atoms with Crippen LogP contribution in [0.25, 0.3) is 0 Å². The van der Waals surface area contributed by atoms with Gasteiger partial charge in [0.05, 0.1) is 14.2 Å². The van der Waals surface area contributed by atoms with Crippen molar-refractivity contribution in [3.8, 4) is 11.5 Å². The Morgan fingerprint density at radius 2 is 1.71 bits per heavy atom. The fourth-order valence-electron chi connectivity index (χ4n) is 4.28. The van der Waals surface area contributed by atoms with E-state index in [4.69, 9.17) is 9.47 Å². The maximum Gasteiger partial charge on any atom is 0.189 e. The maximum absolute atomic E-state index is 12.9. The predicted molar refractivity (Wildman–Crippen MR) is 110 cm³/mol. The number of carbonyl (C=O) groups excluding carboxylic acids is 1. The Hall–Kier alpha value is -2.59. The molecular weight excluding hydrogens is 353 g/mol. The average Bonchev–Trinajstić information content (AvgIpc) is 3.03. The monoisotopic (exact) mass is 380 g/mol. The summed E-state index contributed by atoms with van der Waals surface area (Å²) >= 11 is 0. The number of benzene rings is 2. The lowest BCUT2D eigenvalue weighted by atomic mass is 9.97. The molecule has 0 spiro atoms. The van der Waals surface area contributed by atoms with Gasteiger partial charge in [-0.3, -0.25) is 9.69 Å². The summed E-state index contributed by atoms with van der Waals surface area (Å²) in [4.78, 5) is 15.4. The van der Waals surface area contributed by atoms with Gasteiger partial charge in [0.15, 0.2) is 17.3 Å². The molecule has 4 rings (SSSR count). The normalized spacial score (nSPS) is 19.1. The summed E-state index contributed by atoms with van der Waals surface area (Å²) in [5.74, 6) is 1.92. The van der Waals surface area contributed by atoms with E-state index in [1.807, 2.05) is 12.1 Å². The second kappa shape index (κ2) is 8.19. The molecule has 0 atom stereocenters. The number of hydrogen-bond donors (Lipinski definition) is 0. The summed E-state index contributed by atoms with van der Waals surface area (Å²) in [5, 5.41) is 0. The molecule has 146 valence electrons. The minimum atomic E-state index is 0.141. The van der Waals surface area contributed by atoms with E-state index in [2.05, 4.69) is 41.3 Å². The molecule has 2 aliphatic rings. The molecule has 4 nitrogen and oxygen atoms in total. The molecule has 2 aromatic rings. The van der Waals surface area contributed by atoms with E-state index in [1.165, 1.54) is 5.56 Å². The van der Waals surface area contributed by atoms with Crippen LogP contribution in [0, 0.1) is 5.92 Å². The van der Waals surface area contributed by atoms with Crippen molar-refractivity contribution in [2.24, 2.45) is 5.92 Å². The topological polar surface area (TPSA) is 38.8 Å². The molecule has 0 aromatic heterocycles. The van der Waals surface area contributed by atoms with Gasteiger partial charge < -0.3 is 9.47 Å². The lowest BCUT2D eigenvalue weighted by Crippen LogP contribution is -2.32. The number of ketones is 1. The third-order valence-electron chi connectivity index (χ3n) is 5.84. The highest BCUT2D eigenvalue weighted by Crippen LogP contribution is 2.37. The molecule has 1 heterocycles. The molecule has 2 aromatic carbocycles. The van der Waals surface area contributed by atoms with Crippen molar-refractivity contribution < 1.29 is 14.3 Å². The lowest BCUT2D eigenvalue weighted by molar-refractivity contribution is 0.103. The van der Waals surface area contributed by atoms with E-state index < -0.39 is 0 Å². The van der Waals surface area contributed by atoms with Gasteiger partial charge >= 0.3 is 0 Å². The third-order valence-corrected chi connectivity index (χ3v) is 5.84. The largest absolute Gasteiger partial charge is 0.493 e. The molecule has 4 heteroatoms. The molecule has 0 bridgehead atoms. The van der Waals surface area contributed by atoms with Crippen molar-refractivity contribution in [3.05, 3.63) is 70.8 Å². The Labute approximate surface area is 166 Å². The van der Waals surface area contributed by atoms with Gasteiger partial charge in [-0.15, -0.1) is 0 Å². The molecule has 1 fully saturated rings. The van der Waals surface area contributed by atoms with E-state index in [-0.39, 0.29) is 5.78 Å². The van der Waals surface area contributed by atoms with Crippen LogP contribution in [0.15, 0.2) is 54.1 Å². The first kappa shape index (κ1) is 18.8. The van der Waals surface area contributed by atoms with Crippen LogP contribution in [0.3, 0.4) is 0 Å². The van der Waals surface area contributed by atoms with Crippen molar-refractivity contribution in [2.45, 2.75) is 25.8 Å². The molecule has 1 saturated heterocycles. The van der Waals surface area contributed by atoms with Gasteiger partial charge in [-0.25, -0.2) is 0 Å². The van der Waals surface area contributed by atoms with Gasteiger partial charge in [0, 0.05) is 24.1 Å². The fraction of sp³-hybridized carbons (Fsp3) is 0.375. The van der Waals surface area contributed by atoms with Gasteiger partial charge in [-0.1, -0.05) is 36.4 Å². The van der Waals surface area contributed by atoms with Crippen LogP contribution in [-0.2, 0) is 13.0 Å². The first-order valence-electron chi connectivity index (χ1n) is 9.94. The Balaban J connectivity index is 1.41. The van der Waals surface area contributed by atoms with E-state index in [1.54, 1.807) is 14.2 Å². The number of likely N-dealkylation sites (tertiary alicyclic amines) is 1. The Bertz CT molecular complexity index is 880. The van der Waals surface area contributed by atoms with E-state index in [0.29, 0.717) is 23.8 Å². The highest BCUT2D eigenvalue weighted by atomic mass is 16.5. The summed E-state index contributed by atoms with van der Waals surface area (Å²) in [7, 11) is 3.23. The van der Waals surface area contributed by atoms with Crippen LogP contribution < -0.4 is 9.47 Å². The molecule has 1 aliphatic carbocycles. The first-order valence-corrected chi connectivity index (χ1v) is 9.94. The Kier molecular flexibility index (Phi) is 5.49. The van der Waals surface area contributed by atoms with Gasteiger partial charge in [0.1, 0.15) is 0 Å². The highest BCUT2D eigenvalue weighted by Gasteiger charge is 2.28. The van der Waals surface area contributed by atoms with Crippen LogP contribution in [0.5, 0.6) is 11.5 Å². The first-order chi connectivity index (χ1) is 13.7. The van der Waals surface area contributed by atoms with Crippen LogP contribution in [0.2, 0.25) is 0 Å². The maximum atomic E-state index is 12.9. The van der Waals surface area contributed by atoms with Crippen LogP contribution in [-0.4, -0.2) is 38.0 Å². The number of allylic oxidation sites excluding steroid dienone is 2. The molecule has 28 heavy (non-hydrogen) atoms. The van der Waals surface area contributed by atoms with Crippen molar-refractivity contribution in [2.75, 3.05) is 27.3 Å². The zero-order valence-electron chi connectivity index (χ0n) is 16.6. The number of carbonyl (C=O) groups is 1. The van der Waals surface area contributed by atoms with Crippen molar-refractivity contribution in [1.82, 2.24) is 4.90 Å². The summed E-state index contributed by atoms with van der Waals surface area (Å²) in [5.41, 5.74) is 4.08. The second-order valence-corrected chi connectivity index (χ2v) is 7.66. The summed E-state index contributed by atoms with van der Waals surface area (Å²) < 4.78 is 10.7. The van der Waals surface area contributed by atoms with Gasteiger partial charge in [0.2, 0.25) is 0 Å². The molecule has 0 saturated carbocycles. The molecule has 0 N–H and O–H groups in total. The number of Topliss-reactive ketones (excluding diaryl/α,β-unsaturated/α-hetero) is 1. The smallest absolute Gasteiger partial charge is 0.189 e. The Morgan fingerprint density at radius 3 is 2.39 bits per heavy atom. The highest BCUT2D eigenvalue weighted by molar-refractivity contribution is 6.13. The van der Waals surface area contributed by atoms with Crippen LogP contribution >= 0.6 is 0 Å². The zero-order valence-corrected chi connectivity index (χ0v) is 16.6. The number of nitrogens with zero attached hydrogens (tertiary/aromatic N) is 1. The molecule has 0 radical (unpaired) electrons. The molecule has 1 aliphatic heterocycles. The summed E-state index contributed by atoms with van der Waals surface area (Å²) in [6.07, 6.45) is 5.12. The van der Waals surface area contributed by atoms with E-state index in [0.717, 1.165) is 49.2 Å². The van der Waals surface area contributed by atoms with Crippen LogP contribution in [0.1, 0.15) is 34.3 Å². The molecule has 0 unspecified atom stereocenters. The summed E-state index contributed by atoms with van der Waals surface area (Å²) in [6.45, 7) is 3.16. The van der Waals surface area contributed by atoms with Crippen molar-refractivity contribution >= 4 is 5.78 Å². The quantitative estimate of drug-likeness (QED) is 0.573. The summed E-state index contributed by atoms with van der Waals surface area (Å²) in [6, 6.07) is 14.4. The number of hydrogen-bond acceptors (Lipinski definition) is 4. The van der Waals surface area contributed by atoms with E-state index in [9.17, 15) is 4.79 Å². The standard InChI is InChI=1S/C24H27NO3/c1-27-22-14-19-13-20(24(26)21(19)15-23(22)28-2)12-17-8-10-25(11-9-17)16-18-6-4-3-5-7-18/h3-7,12,14-15,17H,8-11,13,16H2,1-2H3/b20-12-/i13+1,20+1,24+1. The number of rotatable bonds is 5. The predicted octanol–water partition coefficient (Wildman–Crippen LogP) is 4.28. The average molecular weight is 380 g/mol. The third kappa shape index (κ3) is 3.83. The number of fused-ring (bicyclic) bond motifs is 1. The van der Waals surface area contributed by atoms with Crippen molar-refractivity contribution in [1.29, 1.82) is 0 Å². The van der Waals surface area contributed by atoms with E-state index >= 15 is 0 Å². The number of piperidine rings is 1. The van der Waals surface area contributed by atoms with Gasteiger partial charge in [-0.05, 0) is 55.1 Å². The minimum Gasteiger partial charge on any atom is -0.493 e. The number of ether oxygens (including phenoxy) is 2. The lowest BCUT2D eigenvalue weighted by Gasteiger charge is -2.30. The number of methoxy groups -OCH3 is 2. The van der Waals surface area contributed by atoms with Gasteiger partial charge in [-0.2, -0.15) is 0 Å². The van der Waals surface area contributed by atoms with Crippen LogP contribution in [0.4, 0.5) is 0 Å². The second-order valence-electron chi connectivity index (χ2n) is 7.66. The zero-order chi connectivity index (χ0) is 19.5. The molecular formula is C24H27NO3. The van der Waals surface area contributed by atoms with Gasteiger partial charge in [0.25, 0.3) is 0 Å². The Morgan fingerprint density at radius 1 is 1.04 bits per heavy atom. The minimum absolute atomic E-state index is 0.141.